The van der Waals surface area contributed by atoms with E-state index in [9.17, 15) is 9.59 Å². The normalized spacial score (nSPS) is 29.0. The summed E-state index contributed by atoms with van der Waals surface area (Å²) in [5.41, 5.74) is 6.96. The molecule has 1 aromatic heterocycles. The molecule has 1 aromatic rings. The maximum atomic E-state index is 12.3. The van der Waals surface area contributed by atoms with Crippen LogP contribution in [-0.2, 0) is 16.6 Å². The van der Waals surface area contributed by atoms with Gasteiger partial charge in [-0.25, -0.2) is 0 Å². The number of primary amides is 1. The lowest BCUT2D eigenvalue weighted by Gasteiger charge is -2.54. The summed E-state index contributed by atoms with van der Waals surface area (Å²) in [6.45, 7) is 7.84. The van der Waals surface area contributed by atoms with Gasteiger partial charge in [-0.15, -0.1) is 0 Å². The Labute approximate surface area is 136 Å². The smallest absolute Gasteiger partial charge is 0.238 e. The number of nitrogens with one attached hydrogen (secondary N) is 1. The van der Waals surface area contributed by atoms with E-state index in [1.54, 1.807) is 10.9 Å². The average Bonchev–Trinajstić information content (AvgIpc) is 2.92. The number of nitrogens with zero attached hydrogens (tertiary/aromatic N) is 3. The van der Waals surface area contributed by atoms with Gasteiger partial charge in [0.05, 0.1) is 29.5 Å². The minimum Gasteiger partial charge on any atom is -0.369 e. The van der Waals surface area contributed by atoms with Crippen LogP contribution in [0.15, 0.2) is 6.20 Å². The van der Waals surface area contributed by atoms with E-state index < -0.39 is 5.41 Å². The van der Waals surface area contributed by atoms with Crippen LogP contribution in [0.25, 0.3) is 0 Å². The molecule has 0 radical (unpaired) electrons. The predicted octanol–water partition coefficient (Wildman–Crippen LogP) is 0.500. The molecule has 1 aliphatic carbocycles. The Bertz CT molecular complexity index is 665. The number of carbonyl (C=O) groups is 2. The topological polar surface area (TPSA) is 93.2 Å². The van der Waals surface area contributed by atoms with Gasteiger partial charge in [0.2, 0.25) is 11.8 Å². The molecule has 1 saturated heterocycles. The monoisotopic (exact) mass is 319 g/mol. The largest absolute Gasteiger partial charge is 0.369 e. The summed E-state index contributed by atoms with van der Waals surface area (Å²) in [7, 11) is 1.84. The number of hydrogen-bond acceptors (Lipinski definition) is 4. The average molecular weight is 319 g/mol. The van der Waals surface area contributed by atoms with Gasteiger partial charge in [-0.1, -0.05) is 13.8 Å². The van der Waals surface area contributed by atoms with Crippen molar-refractivity contribution in [1.82, 2.24) is 14.7 Å². The van der Waals surface area contributed by atoms with Crippen molar-refractivity contribution in [3.8, 4) is 0 Å². The molecule has 1 aliphatic heterocycles. The number of aryl methyl sites for hydroxylation is 1. The Morgan fingerprint density at radius 3 is 2.65 bits per heavy atom. The molecule has 0 aromatic carbocycles. The molecular formula is C16H25N5O2. The van der Waals surface area contributed by atoms with Crippen LogP contribution in [0.1, 0.15) is 26.0 Å². The number of amides is 2. The molecule has 0 unspecified atom stereocenters. The first-order valence-electron chi connectivity index (χ1n) is 7.96. The lowest BCUT2D eigenvalue weighted by molar-refractivity contribution is -0.148. The number of rotatable bonds is 4. The van der Waals surface area contributed by atoms with Gasteiger partial charge in [0, 0.05) is 20.1 Å². The second-order valence-electron chi connectivity index (χ2n) is 7.72. The van der Waals surface area contributed by atoms with Gasteiger partial charge >= 0.3 is 0 Å². The van der Waals surface area contributed by atoms with E-state index in [0.717, 1.165) is 24.3 Å². The van der Waals surface area contributed by atoms with E-state index in [4.69, 9.17) is 5.73 Å². The van der Waals surface area contributed by atoms with E-state index in [1.807, 2.05) is 18.9 Å². The molecule has 7 heteroatoms. The second kappa shape index (κ2) is 5.06. The van der Waals surface area contributed by atoms with Crippen LogP contribution < -0.4 is 11.1 Å². The molecule has 1 saturated carbocycles. The number of anilines is 1. The van der Waals surface area contributed by atoms with Crippen molar-refractivity contribution in [2.45, 2.75) is 27.2 Å². The lowest BCUT2D eigenvalue weighted by atomic mass is 9.48. The van der Waals surface area contributed by atoms with E-state index >= 15 is 0 Å². The summed E-state index contributed by atoms with van der Waals surface area (Å²) < 4.78 is 1.72. The van der Waals surface area contributed by atoms with E-state index in [1.165, 1.54) is 0 Å². The number of fused-ring (bicyclic) bond motifs is 1. The van der Waals surface area contributed by atoms with Gasteiger partial charge in [-0.2, -0.15) is 5.10 Å². The van der Waals surface area contributed by atoms with Gasteiger partial charge in [-0.05, 0) is 24.7 Å². The Morgan fingerprint density at radius 1 is 1.48 bits per heavy atom. The van der Waals surface area contributed by atoms with Gasteiger partial charge in [0.15, 0.2) is 0 Å². The zero-order valence-electron chi connectivity index (χ0n) is 14.2. The minimum absolute atomic E-state index is 0.0835. The molecule has 7 nitrogen and oxygen atoms in total. The fourth-order valence-corrected chi connectivity index (χ4v) is 4.46. The molecular weight excluding hydrogens is 294 g/mol. The van der Waals surface area contributed by atoms with Crippen LogP contribution in [0.5, 0.6) is 0 Å². The van der Waals surface area contributed by atoms with Crippen LogP contribution in [-0.4, -0.2) is 46.1 Å². The number of carbonyl (C=O) groups excluding carboxylic acids is 2. The van der Waals surface area contributed by atoms with Crippen LogP contribution in [0.4, 0.5) is 5.69 Å². The summed E-state index contributed by atoms with van der Waals surface area (Å²) in [6.07, 6.45) is 2.45. The van der Waals surface area contributed by atoms with Crippen molar-refractivity contribution in [3.05, 3.63) is 11.9 Å². The number of likely N-dealkylation sites (tertiary alicyclic amines) is 1. The quantitative estimate of drug-likeness (QED) is 0.845. The van der Waals surface area contributed by atoms with Crippen LogP contribution >= 0.6 is 0 Å². The molecule has 2 aliphatic rings. The second-order valence-corrected chi connectivity index (χ2v) is 7.72. The van der Waals surface area contributed by atoms with E-state index in [2.05, 4.69) is 24.3 Å². The maximum Gasteiger partial charge on any atom is 0.238 e. The number of hydrogen-bond donors (Lipinski definition) is 2. The molecule has 2 atom stereocenters. The SMILES string of the molecule is Cc1c(NC(=O)CN2C[C@@H]3C(C)(C)C[C@]3(C(N)=O)C2)cnn1C. The highest BCUT2D eigenvalue weighted by atomic mass is 16.2. The Balaban J connectivity index is 1.64. The van der Waals surface area contributed by atoms with Crippen molar-refractivity contribution in [3.63, 3.8) is 0 Å². The van der Waals surface area contributed by atoms with E-state index in [0.29, 0.717) is 6.54 Å². The molecule has 2 heterocycles. The fourth-order valence-electron chi connectivity index (χ4n) is 4.46. The van der Waals surface area contributed by atoms with Crippen LogP contribution in [0, 0.1) is 23.7 Å². The summed E-state index contributed by atoms with van der Waals surface area (Å²) >= 11 is 0. The Hall–Kier alpha value is -1.89. The number of aromatic nitrogens is 2. The molecule has 0 bridgehead atoms. The van der Waals surface area contributed by atoms with Crippen LogP contribution in [0.2, 0.25) is 0 Å². The Kier molecular flexibility index (Phi) is 3.51. The van der Waals surface area contributed by atoms with Crippen LogP contribution in [0.3, 0.4) is 0 Å². The molecule has 3 rings (SSSR count). The lowest BCUT2D eigenvalue weighted by Crippen LogP contribution is -2.59. The third-order valence-electron chi connectivity index (χ3n) is 5.70. The molecule has 2 fully saturated rings. The van der Waals surface area contributed by atoms with Gasteiger partial charge in [0.1, 0.15) is 0 Å². The maximum absolute atomic E-state index is 12.3. The fraction of sp³-hybridized carbons (Fsp3) is 0.688. The molecule has 126 valence electrons. The zero-order chi connectivity index (χ0) is 17.0. The molecule has 23 heavy (non-hydrogen) atoms. The summed E-state index contributed by atoms with van der Waals surface area (Å²) in [6, 6.07) is 0. The molecule has 3 N–H and O–H groups in total. The predicted molar refractivity (Wildman–Crippen MR) is 86.5 cm³/mol. The third-order valence-corrected chi connectivity index (χ3v) is 5.70. The van der Waals surface area contributed by atoms with Crippen molar-refractivity contribution in [2.24, 2.45) is 29.5 Å². The van der Waals surface area contributed by atoms with Crippen molar-refractivity contribution in [1.29, 1.82) is 0 Å². The van der Waals surface area contributed by atoms with Crippen molar-refractivity contribution >= 4 is 17.5 Å². The Morgan fingerprint density at radius 2 is 2.17 bits per heavy atom. The first-order chi connectivity index (χ1) is 10.7. The summed E-state index contributed by atoms with van der Waals surface area (Å²) in [5.74, 6) is -0.0758. The highest BCUT2D eigenvalue weighted by molar-refractivity contribution is 5.93. The summed E-state index contributed by atoms with van der Waals surface area (Å²) in [5, 5.41) is 7.01. The van der Waals surface area contributed by atoms with Crippen molar-refractivity contribution < 1.29 is 9.59 Å². The highest BCUT2D eigenvalue weighted by Gasteiger charge is 2.65. The van der Waals surface area contributed by atoms with Crippen molar-refractivity contribution in [2.75, 3.05) is 25.0 Å². The number of nitrogens with two attached hydrogens (primary N) is 1. The van der Waals surface area contributed by atoms with E-state index in [-0.39, 0.29) is 29.7 Å². The highest BCUT2D eigenvalue weighted by Crippen LogP contribution is 2.62. The first kappa shape index (κ1) is 16.0. The van der Waals surface area contributed by atoms with Gasteiger partial charge < -0.3 is 11.1 Å². The molecule has 2 amide bonds. The minimum atomic E-state index is -0.450. The van der Waals surface area contributed by atoms with Gasteiger partial charge in [0.25, 0.3) is 0 Å². The third kappa shape index (κ3) is 2.43. The first-order valence-corrected chi connectivity index (χ1v) is 7.96. The molecule has 0 spiro atoms. The summed E-state index contributed by atoms with van der Waals surface area (Å²) in [4.78, 5) is 26.3. The van der Waals surface area contributed by atoms with Gasteiger partial charge in [-0.3, -0.25) is 19.2 Å². The standard InChI is InChI=1S/C16H25N5O2/c1-10-11(5-18-20(10)4)19-13(22)7-21-6-12-15(2,3)8-16(12,9-21)14(17)23/h5,12H,6-9H2,1-4H3,(H2,17,23)(H,19,22)/t12-,16+/m1/s1. The zero-order valence-corrected chi connectivity index (χ0v) is 14.2.